The molecule has 0 saturated heterocycles. The van der Waals surface area contributed by atoms with Gasteiger partial charge in [-0.2, -0.15) is 0 Å². The number of anilines is 1. The minimum absolute atomic E-state index is 0.192. The fourth-order valence-electron chi connectivity index (χ4n) is 1.71. The number of benzene rings is 1. The molecule has 0 radical (unpaired) electrons. The van der Waals surface area contributed by atoms with E-state index in [0.29, 0.717) is 11.3 Å². The Morgan fingerprint density at radius 2 is 2.11 bits per heavy atom. The number of nitrogens with zero attached hydrogens (tertiary/aromatic N) is 1. The van der Waals surface area contributed by atoms with Gasteiger partial charge in [-0.3, -0.25) is 0 Å². The van der Waals surface area contributed by atoms with Crippen LogP contribution < -0.4 is 5.32 Å². The summed E-state index contributed by atoms with van der Waals surface area (Å²) < 4.78 is 24.9. The first kappa shape index (κ1) is 13.3. The first-order chi connectivity index (χ1) is 8.56. The summed E-state index contributed by atoms with van der Waals surface area (Å²) in [4.78, 5) is 4.78. The van der Waals surface area contributed by atoms with Crippen LogP contribution in [-0.2, 0) is 9.84 Å². The van der Waals surface area contributed by atoms with Crippen molar-refractivity contribution in [2.45, 2.75) is 25.2 Å². The van der Waals surface area contributed by atoms with Crippen LogP contribution in [0, 0.1) is 0 Å². The van der Waals surface area contributed by atoms with Crippen LogP contribution in [0.3, 0.4) is 0 Å². The summed E-state index contributed by atoms with van der Waals surface area (Å²) in [6.07, 6.45) is 0.631. The molecule has 2 aromatic rings. The molecule has 0 saturated carbocycles. The standard InChI is InChI=1S/C12H16N2O2S2/c1-3-7-18(15,16)9-5-6-10-11(8-9)17-12(14-10)13-4-2/h5-6,8H,3-4,7H2,1-2H3,(H,13,14). The summed E-state index contributed by atoms with van der Waals surface area (Å²) in [5.74, 6) is 0.192. The van der Waals surface area contributed by atoms with Crippen LogP contribution >= 0.6 is 11.3 Å². The summed E-state index contributed by atoms with van der Waals surface area (Å²) in [7, 11) is -3.15. The molecule has 0 amide bonds. The molecule has 6 heteroatoms. The predicted octanol–water partition coefficient (Wildman–Crippen LogP) is 2.91. The molecule has 0 fully saturated rings. The number of rotatable bonds is 5. The highest BCUT2D eigenvalue weighted by molar-refractivity contribution is 7.91. The van der Waals surface area contributed by atoms with Crippen LogP contribution in [0.4, 0.5) is 5.13 Å². The van der Waals surface area contributed by atoms with Gasteiger partial charge in [0.1, 0.15) is 0 Å². The minimum atomic E-state index is -3.15. The second-order valence-electron chi connectivity index (χ2n) is 4.00. The molecule has 0 bridgehead atoms. The van der Waals surface area contributed by atoms with Gasteiger partial charge < -0.3 is 5.32 Å². The van der Waals surface area contributed by atoms with Gasteiger partial charge >= 0.3 is 0 Å². The average Bonchev–Trinajstić information content (AvgIpc) is 2.70. The quantitative estimate of drug-likeness (QED) is 0.917. The van der Waals surface area contributed by atoms with Gasteiger partial charge in [-0.1, -0.05) is 18.3 Å². The van der Waals surface area contributed by atoms with Crippen molar-refractivity contribution >= 4 is 36.5 Å². The lowest BCUT2D eigenvalue weighted by molar-refractivity contribution is 0.595. The van der Waals surface area contributed by atoms with E-state index in [4.69, 9.17) is 0 Å². The Labute approximate surface area is 111 Å². The minimum Gasteiger partial charge on any atom is -0.362 e. The number of nitrogens with one attached hydrogen (secondary N) is 1. The molecule has 98 valence electrons. The molecule has 1 aromatic heterocycles. The number of sulfone groups is 1. The number of aromatic nitrogens is 1. The van der Waals surface area contributed by atoms with E-state index in [0.717, 1.165) is 21.9 Å². The number of thiazole rings is 1. The summed E-state index contributed by atoms with van der Waals surface area (Å²) in [5, 5.41) is 3.97. The molecular weight excluding hydrogens is 268 g/mol. The topological polar surface area (TPSA) is 59.1 Å². The maximum Gasteiger partial charge on any atom is 0.183 e. The fourth-order valence-corrected chi connectivity index (χ4v) is 4.11. The van der Waals surface area contributed by atoms with Gasteiger partial charge in [-0.15, -0.1) is 0 Å². The zero-order valence-electron chi connectivity index (χ0n) is 10.4. The van der Waals surface area contributed by atoms with Gasteiger partial charge in [-0.05, 0) is 31.5 Å². The third kappa shape index (κ3) is 2.64. The Bertz CT molecular complexity index is 647. The van der Waals surface area contributed by atoms with Gasteiger partial charge in [0, 0.05) is 6.54 Å². The molecule has 1 aromatic carbocycles. The average molecular weight is 284 g/mol. The number of hydrogen-bond donors (Lipinski definition) is 1. The van der Waals surface area contributed by atoms with E-state index in [-0.39, 0.29) is 5.75 Å². The van der Waals surface area contributed by atoms with Gasteiger partial charge in [0.2, 0.25) is 0 Å². The highest BCUT2D eigenvalue weighted by atomic mass is 32.2. The lowest BCUT2D eigenvalue weighted by Crippen LogP contribution is -2.05. The molecule has 0 unspecified atom stereocenters. The Hall–Kier alpha value is -1.14. The van der Waals surface area contributed by atoms with Crippen molar-refractivity contribution in [1.29, 1.82) is 0 Å². The Balaban J connectivity index is 2.44. The van der Waals surface area contributed by atoms with Crippen molar-refractivity contribution in [1.82, 2.24) is 4.98 Å². The van der Waals surface area contributed by atoms with Crippen LogP contribution in [-0.4, -0.2) is 25.7 Å². The summed E-state index contributed by atoms with van der Waals surface area (Å²) in [6, 6.07) is 5.14. The molecule has 0 aliphatic rings. The van der Waals surface area contributed by atoms with E-state index in [9.17, 15) is 8.42 Å². The highest BCUT2D eigenvalue weighted by Crippen LogP contribution is 2.28. The van der Waals surface area contributed by atoms with Crippen LogP contribution in [0.2, 0.25) is 0 Å². The van der Waals surface area contributed by atoms with Crippen LogP contribution in [0.25, 0.3) is 10.2 Å². The Morgan fingerprint density at radius 3 is 2.78 bits per heavy atom. The van der Waals surface area contributed by atoms with E-state index >= 15 is 0 Å². The first-order valence-electron chi connectivity index (χ1n) is 5.94. The zero-order valence-corrected chi connectivity index (χ0v) is 12.1. The van der Waals surface area contributed by atoms with E-state index in [1.54, 1.807) is 18.2 Å². The smallest absolute Gasteiger partial charge is 0.183 e. The van der Waals surface area contributed by atoms with Gasteiger partial charge in [-0.25, -0.2) is 13.4 Å². The first-order valence-corrected chi connectivity index (χ1v) is 8.41. The predicted molar refractivity (Wildman–Crippen MR) is 76.1 cm³/mol. The van der Waals surface area contributed by atoms with Gasteiger partial charge in [0.15, 0.2) is 15.0 Å². The molecule has 0 aliphatic heterocycles. The van der Waals surface area contributed by atoms with Crippen molar-refractivity contribution < 1.29 is 8.42 Å². The van der Waals surface area contributed by atoms with Crippen LogP contribution in [0.1, 0.15) is 20.3 Å². The lowest BCUT2D eigenvalue weighted by atomic mass is 10.3. The van der Waals surface area contributed by atoms with Gasteiger partial charge in [0.05, 0.1) is 20.9 Å². The fraction of sp³-hybridized carbons (Fsp3) is 0.417. The molecule has 18 heavy (non-hydrogen) atoms. The van der Waals surface area contributed by atoms with E-state index < -0.39 is 9.84 Å². The maximum absolute atomic E-state index is 12.0. The molecule has 0 spiro atoms. The molecule has 4 nitrogen and oxygen atoms in total. The second-order valence-corrected chi connectivity index (χ2v) is 7.14. The zero-order chi connectivity index (χ0) is 13.2. The molecule has 0 atom stereocenters. The molecule has 1 N–H and O–H groups in total. The summed E-state index contributed by atoms with van der Waals surface area (Å²) in [5.41, 5.74) is 0.839. The maximum atomic E-state index is 12.0. The van der Waals surface area contributed by atoms with Crippen LogP contribution in [0.15, 0.2) is 23.1 Å². The van der Waals surface area contributed by atoms with Crippen molar-refractivity contribution in [3.63, 3.8) is 0 Å². The summed E-state index contributed by atoms with van der Waals surface area (Å²) in [6.45, 7) is 4.68. The molecule has 1 heterocycles. The second kappa shape index (κ2) is 5.24. The normalized spacial score (nSPS) is 11.9. The number of hydrogen-bond acceptors (Lipinski definition) is 5. The Morgan fingerprint density at radius 1 is 1.33 bits per heavy atom. The number of fused-ring (bicyclic) bond motifs is 1. The third-order valence-corrected chi connectivity index (χ3v) is 5.41. The van der Waals surface area contributed by atoms with E-state index in [1.807, 2.05) is 13.8 Å². The molecular formula is C12H16N2O2S2. The highest BCUT2D eigenvalue weighted by Gasteiger charge is 2.14. The summed E-state index contributed by atoms with van der Waals surface area (Å²) >= 11 is 1.48. The largest absolute Gasteiger partial charge is 0.362 e. The SMILES string of the molecule is CCCS(=O)(=O)c1ccc2nc(NCC)sc2c1. The molecule has 2 rings (SSSR count). The lowest BCUT2D eigenvalue weighted by Gasteiger charge is -2.01. The monoisotopic (exact) mass is 284 g/mol. The third-order valence-electron chi connectivity index (χ3n) is 2.52. The van der Waals surface area contributed by atoms with Crippen molar-refractivity contribution in [3.05, 3.63) is 18.2 Å². The Kier molecular flexibility index (Phi) is 3.87. The van der Waals surface area contributed by atoms with E-state index in [2.05, 4.69) is 10.3 Å². The van der Waals surface area contributed by atoms with Crippen molar-refractivity contribution in [3.8, 4) is 0 Å². The van der Waals surface area contributed by atoms with Crippen LogP contribution in [0.5, 0.6) is 0 Å². The molecule has 0 aliphatic carbocycles. The van der Waals surface area contributed by atoms with Crippen molar-refractivity contribution in [2.24, 2.45) is 0 Å². The van der Waals surface area contributed by atoms with Crippen molar-refractivity contribution in [2.75, 3.05) is 17.6 Å². The van der Waals surface area contributed by atoms with Gasteiger partial charge in [0.25, 0.3) is 0 Å². The van der Waals surface area contributed by atoms with E-state index in [1.165, 1.54) is 11.3 Å².